The summed E-state index contributed by atoms with van der Waals surface area (Å²) in [4.78, 5) is 16.8. The van der Waals surface area contributed by atoms with Crippen molar-refractivity contribution in [1.29, 1.82) is 0 Å². The number of carbonyl (C=O) groups is 1. The quantitative estimate of drug-likeness (QED) is 0.610. The summed E-state index contributed by atoms with van der Waals surface area (Å²) in [6, 6.07) is 11.5. The number of benzene rings is 2. The van der Waals surface area contributed by atoms with Crippen LogP contribution < -0.4 is 5.32 Å². The monoisotopic (exact) mass is 439 g/mol. The molecule has 0 atom stereocenters. The average molecular weight is 440 g/mol. The van der Waals surface area contributed by atoms with Gasteiger partial charge in [-0.15, -0.1) is 0 Å². The highest BCUT2D eigenvalue weighted by Crippen LogP contribution is 2.29. The molecular formula is C22H25ClF3N3O. The second-order valence-corrected chi connectivity index (χ2v) is 7.90. The van der Waals surface area contributed by atoms with Crippen LogP contribution in [0.1, 0.15) is 30.4 Å². The van der Waals surface area contributed by atoms with E-state index in [-0.39, 0.29) is 12.6 Å². The van der Waals surface area contributed by atoms with Gasteiger partial charge in [0.1, 0.15) is 0 Å². The minimum atomic E-state index is -4.38. The van der Waals surface area contributed by atoms with Crippen LogP contribution in [0.3, 0.4) is 0 Å². The summed E-state index contributed by atoms with van der Waals surface area (Å²) in [5, 5.41) is 3.34. The van der Waals surface area contributed by atoms with Crippen molar-refractivity contribution >= 4 is 23.3 Å². The molecule has 8 heteroatoms. The number of rotatable bonds is 6. The zero-order valence-corrected chi connectivity index (χ0v) is 17.3. The third-order valence-electron chi connectivity index (χ3n) is 5.15. The van der Waals surface area contributed by atoms with E-state index in [1.54, 1.807) is 29.2 Å². The number of nitrogens with zero attached hydrogens (tertiary/aromatic N) is 2. The molecule has 0 unspecified atom stereocenters. The van der Waals surface area contributed by atoms with E-state index in [1.165, 1.54) is 18.6 Å². The van der Waals surface area contributed by atoms with E-state index in [9.17, 15) is 18.0 Å². The Morgan fingerprint density at radius 2 is 1.77 bits per heavy atom. The SMILES string of the molecule is O=C(Nc1cccc(Cl)c1)N(CCN1CCCCC1)Cc1ccc(C(F)(F)F)cc1. The van der Waals surface area contributed by atoms with E-state index < -0.39 is 11.7 Å². The molecule has 0 spiro atoms. The summed E-state index contributed by atoms with van der Waals surface area (Å²) in [6.45, 7) is 3.43. The van der Waals surface area contributed by atoms with Crippen LogP contribution in [0.5, 0.6) is 0 Å². The van der Waals surface area contributed by atoms with Crippen molar-refractivity contribution in [2.75, 3.05) is 31.5 Å². The van der Waals surface area contributed by atoms with Gasteiger partial charge in [-0.25, -0.2) is 4.79 Å². The van der Waals surface area contributed by atoms with Gasteiger partial charge in [-0.2, -0.15) is 13.2 Å². The van der Waals surface area contributed by atoms with Crippen LogP contribution in [-0.2, 0) is 12.7 Å². The minimum Gasteiger partial charge on any atom is -0.319 e. The van der Waals surface area contributed by atoms with Gasteiger partial charge < -0.3 is 15.1 Å². The molecule has 30 heavy (non-hydrogen) atoms. The van der Waals surface area contributed by atoms with Gasteiger partial charge in [-0.1, -0.05) is 36.2 Å². The average Bonchev–Trinajstić information content (AvgIpc) is 2.71. The van der Waals surface area contributed by atoms with Crippen molar-refractivity contribution < 1.29 is 18.0 Å². The molecule has 0 aromatic heterocycles. The molecule has 2 aromatic rings. The summed E-state index contributed by atoms with van der Waals surface area (Å²) in [6.07, 6.45) is -0.862. The van der Waals surface area contributed by atoms with E-state index in [1.807, 2.05) is 0 Å². The van der Waals surface area contributed by atoms with Crippen LogP contribution in [-0.4, -0.2) is 42.0 Å². The van der Waals surface area contributed by atoms with Gasteiger partial charge in [-0.05, 0) is 61.8 Å². The largest absolute Gasteiger partial charge is 0.416 e. The number of urea groups is 1. The van der Waals surface area contributed by atoms with Crippen molar-refractivity contribution in [3.05, 3.63) is 64.7 Å². The van der Waals surface area contributed by atoms with Crippen molar-refractivity contribution in [2.24, 2.45) is 0 Å². The zero-order chi connectivity index (χ0) is 21.6. The molecular weight excluding hydrogens is 415 g/mol. The minimum absolute atomic E-state index is 0.221. The van der Waals surface area contributed by atoms with E-state index in [0.717, 1.165) is 44.6 Å². The molecule has 1 fully saturated rings. The number of anilines is 1. The number of alkyl halides is 3. The number of nitrogens with one attached hydrogen (secondary N) is 1. The first-order valence-electron chi connectivity index (χ1n) is 10.0. The number of hydrogen-bond acceptors (Lipinski definition) is 2. The lowest BCUT2D eigenvalue weighted by molar-refractivity contribution is -0.137. The van der Waals surface area contributed by atoms with Crippen molar-refractivity contribution in [1.82, 2.24) is 9.80 Å². The Kier molecular flexibility index (Phi) is 7.61. The number of piperidine rings is 1. The lowest BCUT2D eigenvalue weighted by atomic mass is 10.1. The van der Waals surface area contributed by atoms with Gasteiger partial charge in [-0.3, -0.25) is 0 Å². The highest BCUT2D eigenvalue weighted by molar-refractivity contribution is 6.30. The van der Waals surface area contributed by atoms with Gasteiger partial charge in [0.05, 0.1) is 5.56 Å². The predicted molar refractivity (Wildman–Crippen MR) is 113 cm³/mol. The van der Waals surface area contributed by atoms with E-state index >= 15 is 0 Å². The fourth-order valence-electron chi connectivity index (χ4n) is 3.49. The van der Waals surface area contributed by atoms with Gasteiger partial charge in [0, 0.05) is 30.3 Å². The summed E-state index contributed by atoms with van der Waals surface area (Å²) in [5.41, 5.74) is 0.514. The first-order chi connectivity index (χ1) is 14.3. The normalized spacial score (nSPS) is 15.1. The third-order valence-corrected chi connectivity index (χ3v) is 5.39. The second kappa shape index (κ2) is 10.2. The van der Waals surface area contributed by atoms with Crippen LogP contribution in [0.15, 0.2) is 48.5 Å². The molecule has 0 aliphatic carbocycles. The Hall–Kier alpha value is -2.25. The maximum atomic E-state index is 12.9. The molecule has 162 valence electrons. The molecule has 1 aliphatic heterocycles. The molecule has 0 saturated carbocycles. The number of hydrogen-bond donors (Lipinski definition) is 1. The number of likely N-dealkylation sites (tertiary alicyclic amines) is 1. The summed E-state index contributed by atoms with van der Waals surface area (Å²) < 4.78 is 38.5. The summed E-state index contributed by atoms with van der Waals surface area (Å²) in [5.74, 6) is 0. The van der Waals surface area contributed by atoms with E-state index in [4.69, 9.17) is 11.6 Å². The van der Waals surface area contributed by atoms with E-state index in [0.29, 0.717) is 22.8 Å². The van der Waals surface area contributed by atoms with Crippen LogP contribution in [0, 0.1) is 0 Å². The van der Waals surface area contributed by atoms with Crippen LogP contribution >= 0.6 is 11.6 Å². The molecule has 1 saturated heterocycles. The fourth-order valence-corrected chi connectivity index (χ4v) is 3.68. The first-order valence-corrected chi connectivity index (χ1v) is 10.4. The lowest BCUT2D eigenvalue weighted by Gasteiger charge is -2.30. The third kappa shape index (κ3) is 6.64. The van der Waals surface area contributed by atoms with E-state index in [2.05, 4.69) is 10.2 Å². The van der Waals surface area contributed by atoms with Gasteiger partial charge in [0.25, 0.3) is 0 Å². The Balaban J connectivity index is 1.69. The lowest BCUT2D eigenvalue weighted by Crippen LogP contribution is -2.41. The van der Waals surface area contributed by atoms with Crippen molar-refractivity contribution in [3.63, 3.8) is 0 Å². The Labute approximate surface area is 179 Å². The zero-order valence-electron chi connectivity index (χ0n) is 16.6. The van der Waals surface area contributed by atoms with Crippen LogP contribution in [0.4, 0.5) is 23.7 Å². The van der Waals surface area contributed by atoms with Crippen LogP contribution in [0.25, 0.3) is 0 Å². The second-order valence-electron chi connectivity index (χ2n) is 7.46. The Bertz CT molecular complexity index is 836. The van der Waals surface area contributed by atoms with Crippen molar-refractivity contribution in [2.45, 2.75) is 32.0 Å². The standard InChI is InChI=1S/C22H25ClF3N3O/c23-19-5-4-6-20(15-19)27-21(30)29(14-13-28-11-2-1-3-12-28)16-17-7-9-18(10-8-17)22(24,25)26/h4-10,15H,1-3,11-14,16H2,(H,27,30). The molecule has 0 radical (unpaired) electrons. The molecule has 1 heterocycles. The number of amides is 2. The van der Waals surface area contributed by atoms with Gasteiger partial charge >= 0.3 is 12.2 Å². The topological polar surface area (TPSA) is 35.6 Å². The molecule has 0 bridgehead atoms. The smallest absolute Gasteiger partial charge is 0.319 e. The molecule has 2 aromatic carbocycles. The molecule has 1 aliphatic rings. The first kappa shape index (κ1) is 22.4. The summed E-state index contributed by atoms with van der Waals surface area (Å²) in [7, 11) is 0. The number of halogens is 4. The Morgan fingerprint density at radius 1 is 1.07 bits per heavy atom. The van der Waals surface area contributed by atoms with Gasteiger partial charge in [0.2, 0.25) is 0 Å². The fraction of sp³-hybridized carbons (Fsp3) is 0.409. The molecule has 4 nitrogen and oxygen atoms in total. The summed E-state index contributed by atoms with van der Waals surface area (Å²) >= 11 is 5.99. The van der Waals surface area contributed by atoms with Crippen molar-refractivity contribution in [3.8, 4) is 0 Å². The molecule has 2 amide bonds. The van der Waals surface area contributed by atoms with Gasteiger partial charge in [0.15, 0.2) is 0 Å². The predicted octanol–water partition coefficient (Wildman–Crippen LogP) is 5.88. The number of carbonyl (C=O) groups excluding carboxylic acids is 1. The molecule has 3 rings (SSSR count). The Morgan fingerprint density at radius 3 is 2.40 bits per heavy atom. The molecule has 1 N–H and O–H groups in total. The highest BCUT2D eigenvalue weighted by Gasteiger charge is 2.30. The maximum Gasteiger partial charge on any atom is 0.416 e. The highest BCUT2D eigenvalue weighted by atomic mass is 35.5. The van der Waals surface area contributed by atoms with Crippen LogP contribution in [0.2, 0.25) is 5.02 Å². The maximum absolute atomic E-state index is 12.9.